The maximum Gasteiger partial charge on any atom is 0.270 e. The maximum absolute atomic E-state index is 12.5. The van der Waals surface area contributed by atoms with Crippen molar-refractivity contribution in [1.29, 1.82) is 0 Å². The molecule has 1 aliphatic heterocycles. The summed E-state index contributed by atoms with van der Waals surface area (Å²) in [5.74, 6) is -1.08. The number of nitrogens with zero attached hydrogens (tertiary/aromatic N) is 4. The lowest BCUT2D eigenvalue weighted by atomic mass is 10.1. The third kappa shape index (κ3) is 3.26. The molecule has 0 bridgehead atoms. The number of aryl methyl sites for hydroxylation is 1. The molecule has 2 amide bonds. The molecule has 4 rings (SSSR count). The average Bonchev–Trinajstić information content (AvgIpc) is 3.19. The minimum atomic E-state index is -0.517. The first-order chi connectivity index (χ1) is 13.5. The van der Waals surface area contributed by atoms with Crippen molar-refractivity contribution in [2.24, 2.45) is 23.2 Å². The summed E-state index contributed by atoms with van der Waals surface area (Å²) in [6.07, 6.45) is 0.131. The Balaban J connectivity index is 1.49. The van der Waals surface area contributed by atoms with Gasteiger partial charge in [-0.15, -0.1) is 10.2 Å². The number of hydrogen-bond donors (Lipinski definition) is 1. The van der Waals surface area contributed by atoms with E-state index in [4.69, 9.17) is 0 Å². The van der Waals surface area contributed by atoms with E-state index in [0.717, 1.165) is 11.1 Å². The van der Waals surface area contributed by atoms with E-state index in [1.165, 1.54) is 0 Å². The molecule has 7 nitrogen and oxygen atoms in total. The Bertz CT molecular complexity index is 1070. The molecule has 1 fully saturated rings. The first-order valence-electron chi connectivity index (χ1n) is 9.08. The predicted molar refractivity (Wildman–Crippen MR) is 104 cm³/mol. The van der Waals surface area contributed by atoms with Crippen molar-refractivity contribution in [2.75, 3.05) is 6.54 Å². The van der Waals surface area contributed by atoms with Crippen molar-refractivity contribution >= 4 is 28.4 Å². The van der Waals surface area contributed by atoms with E-state index in [0.29, 0.717) is 18.5 Å². The van der Waals surface area contributed by atoms with Gasteiger partial charge in [0, 0.05) is 31.9 Å². The smallest absolute Gasteiger partial charge is 0.270 e. The number of carbonyl (C=O) groups excluding carboxylic acids is 2. The summed E-state index contributed by atoms with van der Waals surface area (Å²) in [7, 11) is 1.72. The van der Waals surface area contributed by atoms with Crippen LogP contribution >= 0.6 is 0 Å². The Labute approximate surface area is 161 Å². The number of hydrogen-bond acceptors (Lipinski definition) is 4. The predicted octanol–water partition coefficient (Wildman–Crippen LogP) is 3.54. The van der Waals surface area contributed by atoms with Crippen LogP contribution in [0, 0.1) is 5.92 Å². The Kier molecular flexibility index (Phi) is 4.65. The van der Waals surface area contributed by atoms with E-state index in [-0.39, 0.29) is 23.9 Å². The minimum Gasteiger partial charge on any atom is -0.493 e. The van der Waals surface area contributed by atoms with Crippen LogP contribution in [-0.2, 0) is 23.2 Å². The number of likely N-dealkylation sites (tertiary alicyclic amines) is 1. The van der Waals surface area contributed by atoms with Gasteiger partial charge in [0.05, 0.1) is 11.4 Å². The fourth-order valence-electron chi connectivity index (χ4n) is 3.53. The standard InChI is InChI=1S/C21H20N4O3/c1-24-17-10-6-5-9-16(17)19(21(24)28)22-23-20(27)15-11-18(26)25(13-15)12-14-7-3-2-4-8-14/h2-10,15,28H,11-13H2,1H3. The van der Waals surface area contributed by atoms with E-state index >= 15 is 0 Å². The van der Waals surface area contributed by atoms with Gasteiger partial charge in [-0.3, -0.25) is 9.59 Å². The molecule has 1 unspecified atom stereocenters. The molecule has 0 radical (unpaired) electrons. The fourth-order valence-corrected chi connectivity index (χ4v) is 3.53. The van der Waals surface area contributed by atoms with Crippen LogP contribution in [0.15, 0.2) is 64.8 Å². The maximum atomic E-state index is 12.5. The molecule has 7 heteroatoms. The van der Waals surface area contributed by atoms with Crippen LogP contribution in [0.4, 0.5) is 5.69 Å². The third-order valence-electron chi connectivity index (χ3n) is 5.08. The molecule has 1 aromatic heterocycles. The molecular weight excluding hydrogens is 356 g/mol. The topological polar surface area (TPSA) is 87.3 Å². The zero-order valence-corrected chi connectivity index (χ0v) is 15.4. The summed E-state index contributed by atoms with van der Waals surface area (Å²) in [6.45, 7) is 0.803. The van der Waals surface area contributed by atoms with Gasteiger partial charge in [0.1, 0.15) is 0 Å². The molecule has 3 aromatic rings. The summed E-state index contributed by atoms with van der Waals surface area (Å²) in [5.41, 5.74) is 2.08. The van der Waals surface area contributed by atoms with E-state index < -0.39 is 11.8 Å². The summed E-state index contributed by atoms with van der Waals surface area (Å²) >= 11 is 0. The Morgan fingerprint density at radius 3 is 2.64 bits per heavy atom. The van der Waals surface area contributed by atoms with Gasteiger partial charge in [-0.05, 0) is 11.6 Å². The number of carbonyl (C=O) groups is 2. The largest absolute Gasteiger partial charge is 0.493 e. The second-order valence-electron chi connectivity index (χ2n) is 6.95. The molecule has 0 saturated carbocycles. The molecule has 28 heavy (non-hydrogen) atoms. The number of aromatic nitrogens is 1. The van der Waals surface area contributed by atoms with Gasteiger partial charge in [-0.25, -0.2) is 0 Å². The normalized spacial score (nSPS) is 17.1. The van der Waals surface area contributed by atoms with Crippen LogP contribution in [-0.4, -0.2) is 32.9 Å². The van der Waals surface area contributed by atoms with Gasteiger partial charge in [0.2, 0.25) is 11.8 Å². The Hall–Kier alpha value is -3.48. The molecule has 1 saturated heterocycles. The molecular formula is C21H20N4O3. The number of aromatic hydroxyl groups is 1. The van der Waals surface area contributed by atoms with Gasteiger partial charge in [-0.2, -0.15) is 0 Å². The van der Waals surface area contributed by atoms with Crippen LogP contribution in [0.5, 0.6) is 5.88 Å². The lowest BCUT2D eigenvalue weighted by Crippen LogP contribution is -2.25. The average molecular weight is 376 g/mol. The van der Waals surface area contributed by atoms with Gasteiger partial charge in [-0.1, -0.05) is 48.5 Å². The highest BCUT2D eigenvalue weighted by Gasteiger charge is 2.34. The number of azo groups is 1. The second kappa shape index (κ2) is 7.26. The lowest BCUT2D eigenvalue weighted by molar-refractivity contribution is -0.128. The number of fused-ring (bicyclic) bond motifs is 1. The van der Waals surface area contributed by atoms with E-state index in [1.807, 2.05) is 54.6 Å². The first-order valence-corrected chi connectivity index (χ1v) is 9.08. The fraction of sp³-hybridized carbons (Fsp3) is 0.238. The van der Waals surface area contributed by atoms with Gasteiger partial charge in [0.25, 0.3) is 5.91 Å². The van der Waals surface area contributed by atoms with Gasteiger partial charge < -0.3 is 14.6 Å². The van der Waals surface area contributed by atoms with Crippen molar-refractivity contribution in [1.82, 2.24) is 9.47 Å². The van der Waals surface area contributed by atoms with E-state index in [1.54, 1.807) is 16.5 Å². The summed E-state index contributed by atoms with van der Waals surface area (Å²) in [4.78, 5) is 26.4. The lowest BCUT2D eigenvalue weighted by Gasteiger charge is -2.15. The molecule has 0 aliphatic carbocycles. The summed E-state index contributed by atoms with van der Waals surface area (Å²) in [6, 6.07) is 17.0. The monoisotopic (exact) mass is 376 g/mol. The number of amides is 2. The molecule has 1 atom stereocenters. The van der Waals surface area contributed by atoms with E-state index in [2.05, 4.69) is 10.2 Å². The number of para-hydroxylation sites is 1. The molecule has 142 valence electrons. The highest BCUT2D eigenvalue weighted by atomic mass is 16.3. The Morgan fingerprint density at radius 2 is 1.86 bits per heavy atom. The molecule has 2 aromatic carbocycles. The van der Waals surface area contributed by atoms with Crippen molar-refractivity contribution < 1.29 is 14.7 Å². The molecule has 1 N–H and O–H groups in total. The van der Waals surface area contributed by atoms with Gasteiger partial charge in [0.15, 0.2) is 5.69 Å². The zero-order valence-electron chi connectivity index (χ0n) is 15.4. The highest BCUT2D eigenvalue weighted by molar-refractivity contribution is 5.95. The molecule has 0 spiro atoms. The van der Waals surface area contributed by atoms with Crippen LogP contribution < -0.4 is 0 Å². The Morgan fingerprint density at radius 1 is 1.14 bits per heavy atom. The zero-order chi connectivity index (χ0) is 19.7. The highest BCUT2D eigenvalue weighted by Crippen LogP contribution is 2.38. The van der Waals surface area contributed by atoms with Gasteiger partial charge >= 0.3 is 0 Å². The summed E-state index contributed by atoms with van der Waals surface area (Å²) < 4.78 is 1.59. The summed E-state index contributed by atoms with van der Waals surface area (Å²) in [5, 5.41) is 18.8. The van der Waals surface area contributed by atoms with Crippen LogP contribution in [0.3, 0.4) is 0 Å². The minimum absolute atomic E-state index is 0.0500. The first kappa shape index (κ1) is 17.9. The van der Waals surface area contributed by atoms with Crippen molar-refractivity contribution in [3.05, 3.63) is 60.2 Å². The number of benzene rings is 2. The molecule has 1 aliphatic rings. The van der Waals surface area contributed by atoms with Crippen LogP contribution in [0.25, 0.3) is 10.9 Å². The van der Waals surface area contributed by atoms with Crippen LogP contribution in [0.1, 0.15) is 12.0 Å². The quantitative estimate of drug-likeness (QED) is 0.707. The van der Waals surface area contributed by atoms with Crippen LogP contribution in [0.2, 0.25) is 0 Å². The SMILES string of the molecule is Cn1c(O)c(N=NC(=O)C2CC(=O)N(Cc3ccccc3)C2)c2ccccc21. The molecule has 2 heterocycles. The van der Waals surface area contributed by atoms with Crippen molar-refractivity contribution in [3.63, 3.8) is 0 Å². The van der Waals surface area contributed by atoms with E-state index in [9.17, 15) is 14.7 Å². The van der Waals surface area contributed by atoms with Crippen molar-refractivity contribution in [2.45, 2.75) is 13.0 Å². The van der Waals surface area contributed by atoms with Crippen molar-refractivity contribution in [3.8, 4) is 5.88 Å². The third-order valence-corrected chi connectivity index (χ3v) is 5.08. The second-order valence-corrected chi connectivity index (χ2v) is 6.95. The number of rotatable bonds is 4.